The van der Waals surface area contributed by atoms with E-state index in [1.165, 1.54) is 18.2 Å². The molecule has 0 aliphatic carbocycles. The van der Waals surface area contributed by atoms with Gasteiger partial charge in [-0.05, 0) is 37.6 Å². The number of aldehydes is 1. The first-order chi connectivity index (χ1) is 10.0. The minimum Gasteiger partial charge on any atom is -0.455 e. The maximum absolute atomic E-state index is 10.9. The number of benzene rings is 1. The molecule has 0 atom stereocenters. The van der Waals surface area contributed by atoms with Crippen LogP contribution in [0.4, 0.5) is 5.69 Å². The fourth-order valence-electron chi connectivity index (χ4n) is 1.93. The third-order valence-corrected chi connectivity index (χ3v) is 2.96. The Morgan fingerprint density at radius 3 is 2.71 bits per heavy atom. The number of nitrogens with zero attached hydrogens (tertiary/aromatic N) is 2. The lowest BCUT2D eigenvalue weighted by Gasteiger charge is -2.10. The number of aromatic nitrogens is 1. The number of hydrogen-bond donors (Lipinski definition) is 0. The minimum absolute atomic E-state index is 0.0179. The molecule has 1 aromatic heterocycles. The molecule has 0 radical (unpaired) electrons. The topological polar surface area (TPSA) is 82.3 Å². The van der Waals surface area contributed by atoms with Crippen molar-refractivity contribution in [3.63, 3.8) is 0 Å². The van der Waals surface area contributed by atoms with E-state index in [4.69, 9.17) is 4.74 Å². The summed E-state index contributed by atoms with van der Waals surface area (Å²) in [5.41, 5.74) is 1.42. The van der Waals surface area contributed by atoms with Crippen LogP contribution in [-0.4, -0.2) is 16.2 Å². The molecule has 0 saturated heterocycles. The summed E-state index contributed by atoms with van der Waals surface area (Å²) in [4.78, 5) is 25.5. The van der Waals surface area contributed by atoms with E-state index in [1.807, 2.05) is 19.9 Å². The lowest BCUT2D eigenvalue weighted by Crippen LogP contribution is -1.98. The first-order valence-electron chi connectivity index (χ1n) is 6.43. The van der Waals surface area contributed by atoms with Crippen molar-refractivity contribution in [1.82, 2.24) is 4.98 Å². The van der Waals surface area contributed by atoms with Gasteiger partial charge in [0.25, 0.3) is 5.69 Å². The van der Waals surface area contributed by atoms with Crippen LogP contribution >= 0.6 is 0 Å². The average Bonchev–Trinajstić information content (AvgIpc) is 2.48. The number of ether oxygens (including phenoxy) is 1. The molecule has 1 heterocycles. The van der Waals surface area contributed by atoms with Gasteiger partial charge in [-0.2, -0.15) is 0 Å². The van der Waals surface area contributed by atoms with Crippen molar-refractivity contribution in [2.45, 2.75) is 20.3 Å². The Morgan fingerprint density at radius 1 is 1.33 bits per heavy atom. The molecule has 108 valence electrons. The molecule has 2 rings (SSSR count). The standard InChI is InChI=1S/C15H14N2O4/c1-3-13-15(7-4-10(2)16-13)21-12-5-6-14(17(19)20)11(8-12)9-18/h4-9H,3H2,1-2H3. The quantitative estimate of drug-likeness (QED) is 0.477. The zero-order chi connectivity index (χ0) is 15.4. The zero-order valence-corrected chi connectivity index (χ0v) is 11.7. The average molecular weight is 286 g/mol. The van der Waals surface area contributed by atoms with Gasteiger partial charge in [0.05, 0.1) is 16.2 Å². The third kappa shape index (κ3) is 3.22. The second kappa shape index (κ2) is 6.13. The normalized spacial score (nSPS) is 10.2. The van der Waals surface area contributed by atoms with Gasteiger partial charge in [-0.3, -0.25) is 19.9 Å². The summed E-state index contributed by atoms with van der Waals surface area (Å²) in [6, 6.07) is 7.69. The largest absolute Gasteiger partial charge is 0.455 e. The number of carbonyl (C=O) groups is 1. The number of nitro benzene ring substituents is 1. The van der Waals surface area contributed by atoms with Crippen molar-refractivity contribution in [3.05, 3.63) is 57.4 Å². The van der Waals surface area contributed by atoms with Gasteiger partial charge < -0.3 is 4.74 Å². The van der Waals surface area contributed by atoms with Crippen LogP contribution in [0.1, 0.15) is 28.7 Å². The van der Waals surface area contributed by atoms with Crippen LogP contribution in [0.15, 0.2) is 30.3 Å². The van der Waals surface area contributed by atoms with E-state index in [0.717, 1.165) is 11.4 Å². The van der Waals surface area contributed by atoms with Crippen LogP contribution in [0, 0.1) is 17.0 Å². The summed E-state index contributed by atoms with van der Waals surface area (Å²) in [6.45, 7) is 3.85. The molecule has 21 heavy (non-hydrogen) atoms. The summed E-state index contributed by atoms with van der Waals surface area (Å²) in [6.07, 6.45) is 1.14. The Morgan fingerprint density at radius 2 is 2.10 bits per heavy atom. The highest BCUT2D eigenvalue weighted by molar-refractivity contribution is 5.82. The number of aryl methyl sites for hydroxylation is 2. The van der Waals surface area contributed by atoms with E-state index >= 15 is 0 Å². The molecule has 0 aliphatic heterocycles. The minimum atomic E-state index is -0.599. The molecule has 6 heteroatoms. The molecule has 0 unspecified atom stereocenters. The Kier molecular flexibility index (Phi) is 4.27. The molecule has 6 nitrogen and oxygen atoms in total. The predicted octanol–water partition coefficient (Wildman–Crippen LogP) is 3.47. The lowest BCUT2D eigenvalue weighted by molar-refractivity contribution is -0.385. The van der Waals surface area contributed by atoms with Crippen LogP contribution in [0.3, 0.4) is 0 Å². The van der Waals surface area contributed by atoms with Gasteiger partial charge in [-0.25, -0.2) is 0 Å². The molecule has 0 fully saturated rings. The van der Waals surface area contributed by atoms with E-state index in [2.05, 4.69) is 4.98 Å². The van der Waals surface area contributed by atoms with E-state index in [-0.39, 0.29) is 11.3 Å². The molecule has 0 bridgehead atoms. The summed E-state index contributed by atoms with van der Waals surface area (Å²) in [5, 5.41) is 10.8. The molecular weight excluding hydrogens is 272 g/mol. The number of hydrogen-bond acceptors (Lipinski definition) is 5. The first-order valence-corrected chi connectivity index (χ1v) is 6.43. The van der Waals surface area contributed by atoms with Crippen LogP contribution in [0.5, 0.6) is 11.5 Å². The van der Waals surface area contributed by atoms with E-state index in [1.54, 1.807) is 6.07 Å². The Bertz CT molecular complexity index is 698. The molecule has 0 aliphatic rings. The highest BCUT2D eigenvalue weighted by Gasteiger charge is 2.15. The fraction of sp³-hybridized carbons (Fsp3) is 0.200. The van der Waals surface area contributed by atoms with E-state index < -0.39 is 4.92 Å². The van der Waals surface area contributed by atoms with E-state index in [9.17, 15) is 14.9 Å². The SMILES string of the molecule is CCc1nc(C)ccc1Oc1ccc([N+](=O)[O-])c(C=O)c1. The van der Waals surface area contributed by atoms with Gasteiger partial charge in [0.1, 0.15) is 11.5 Å². The molecular formula is C15H14N2O4. The predicted molar refractivity (Wildman–Crippen MR) is 76.9 cm³/mol. The first kappa shape index (κ1) is 14.6. The summed E-state index contributed by atoms with van der Waals surface area (Å²) < 4.78 is 5.69. The summed E-state index contributed by atoms with van der Waals surface area (Å²) >= 11 is 0. The second-order valence-electron chi connectivity index (χ2n) is 4.45. The van der Waals surface area contributed by atoms with Gasteiger partial charge in [0, 0.05) is 11.8 Å². The van der Waals surface area contributed by atoms with Crippen LogP contribution in [0.2, 0.25) is 0 Å². The van der Waals surface area contributed by atoms with Crippen LogP contribution in [0.25, 0.3) is 0 Å². The second-order valence-corrected chi connectivity index (χ2v) is 4.45. The van der Waals surface area contributed by atoms with Crippen molar-refractivity contribution < 1.29 is 14.5 Å². The zero-order valence-electron chi connectivity index (χ0n) is 11.7. The van der Waals surface area contributed by atoms with Crippen LogP contribution < -0.4 is 4.74 Å². The van der Waals surface area contributed by atoms with E-state index in [0.29, 0.717) is 24.2 Å². The monoisotopic (exact) mass is 286 g/mol. The van der Waals surface area contributed by atoms with Gasteiger partial charge in [0.2, 0.25) is 0 Å². The Balaban J connectivity index is 2.36. The highest BCUT2D eigenvalue weighted by Crippen LogP contribution is 2.28. The van der Waals surface area contributed by atoms with Crippen molar-refractivity contribution in [3.8, 4) is 11.5 Å². The molecule has 0 saturated carbocycles. The maximum atomic E-state index is 10.9. The van der Waals surface area contributed by atoms with Gasteiger partial charge in [-0.15, -0.1) is 0 Å². The smallest absolute Gasteiger partial charge is 0.280 e. The van der Waals surface area contributed by atoms with Crippen molar-refractivity contribution in [2.75, 3.05) is 0 Å². The molecule has 2 aromatic rings. The number of pyridine rings is 1. The molecule has 0 spiro atoms. The van der Waals surface area contributed by atoms with Gasteiger partial charge in [0.15, 0.2) is 6.29 Å². The van der Waals surface area contributed by atoms with Crippen molar-refractivity contribution >= 4 is 12.0 Å². The lowest BCUT2D eigenvalue weighted by atomic mass is 10.2. The van der Waals surface area contributed by atoms with Crippen molar-refractivity contribution in [1.29, 1.82) is 0 Å². The van der Waals surface area contributed by atoms with Crippen LogP contribution in [-0.2, 0) is 6.42 Å². The van der Waals surface area contributed by atoms with Gasteiger partial charge >= 0.3 is 0 Å². The Labute approximate surface area is 121 Å². The van der Waals surface area contributed by atoms with Gasteiger partial charge in [-0.1, -0.05) is 6.92 Å². The number of rotatable bonds is 5. The number of nitro groups is 1. The summed E-state index contributed by atoms with van der Waals surface area (Å²) in [5.74, 6) is 0.942. The highest BCUT2D eigenvalue weighted by atomic mass is 16.6. The third-order valence-electron chi connectivity index (χ3n) is 2.96. The summed E-state index contributed by atoms with van der Waals surface area (Å²) in [7, 11) is 0. The van der Waals surface area contributed by atoms with Crippen molar-refractivity contribution in [2.24, 2.45) is 0 Å². The molecule has 0 amide bonds. The molecule has 0 N–H and O–H groups in total. The Hall–Kier alpha value is -2.76. The number of carbonyl (C=O) groups excluding carboxylic acids is 1. The molecule has 1 aromatic carbocycles. The fourth-order valence-corrected chi connectivity index (χ4v) is 1.93. The maximum Gasteiger partial charge on any atom is 0.280 e.